The summed E-state index contributed by atoms with van der Waals surface area (Å²) in [6.07, 6.45) is 0.227. The Morgan fingerprint density at radius 3 is 1.85 bits per heavy atom. The minimum Gasteiger partial charge on any atom is -0.468 e. The number of ether oxygens (including phenoxy) is 4. The van der Waals surface area contributed by atoms with Gasteiger partial charge in [0.15, 0.2) is 11.5 Å². The zero-order valence-electron chi connectivity index (χ0n) is 24.5. The van der Waals surface area contributed by atoms with Gasteiger partial charge < -0.3 is 24.7 Å². The van der Waals surface area contributed by atoms with E-state index in [4.69, 9.17) is 24.7 Å². The third kappa shape index (κ3) is 10.8. The van der Waals surface area contributed by atoms with E-state index in [0.717, 1.165) is 0 Å². The summed E-state index contributed by atoms with van der Waals surface area (Å²) in [6.45, 7) is 11.3. The molecule has 9 heteroatoms. The van der Waals surface area contributed by atoms with Crippen LogP contribution in [0.4, 0.5) is 0 Å². The number of rotatable bonds is 11. The number of carbonyl (C=O) groups is 4. The summed E-state index contributed by atoms with van der Waals surface area (Å²) < 4.78 is 21.4. The first kappa shape index (κ1) is 32.5. The Hall–Kier alpha value is -3.72. The van der Waals surface area contributed by atoms with Gasteiger partial charge in [0.25, 0.3) is 0 Å². The Bertz CT molecular complexity index is 1190. The highest BCUT2D eigenvalue weighted by Crippen LogP contribution is 2.33. The van der Waals surface area contributed by atoms with E-state index in [-0.39, 0.29) is 54.6 Å². The third-order valence-electron chi connectivity index (χ3n) is 5.71. The lowest BCUT2D eigenvalue weighted by atomic mass is 9.88. The molecule has 2 N–H and O–H groups in total. The summed E-state index contributed by atoms with van der Waals surface area (Å²) in [6, 6.07) is 13.1. The second-order valence-electron chi connectivity index (χ2n) is 12.3. The third-order valence-corrected chi connectivity index (χ3v) is 5.71. The van der Waals surface area contributed by atoms with Crippen molar-refractivity contribution in [3.63, 3.8) is 0 Å². The maximum Gasteiger partial charge on any atom is 0.338 e. The maximum absolute atomic E-state index is 12.7. The van der Waals surface area contributed by atoms with Gasteiger partial charge in [-0.05, 0) is 40.7 Å². The highest BCUT2D eigenvalue weighted by molar-refractivity contribution is 5.89. The fourth-order valence-electron chi connectivity index (χ4n) is 3.82. The molecule has 0 aliphatic heterocycles. The minimum atomic E-state index is -1.55. The van der Waals surface area contributed by atoms with Crippen LogP contribution in [0.25, 0.3) is 0 Å². The summed E-state index contributed by atoms with van der Waals surface area (Å²) in [4.78, 5) is 50.2. The highest BCUT2D eigenvalue weighted by atomic mass is 16.6. The predicted molar refractivity (Wildman–Crippen MR) is 150 cm³/mol. The van der Waals surface area contributed by atoms with Crippen molar-refractivity contribution in [3.8, 4) is 11.5 Å². The number of carbonyl (C=O) groups excluding carboxylic acids is 4. The molecule has 0 heterocycles. The predicted octanol–water partition coefficient (Wildman–Crippen LogP) is 5.03. The molecule has 0 saturated heterocycles. The van der Waals surface area contributed by atoms with Crippen LogP contribution >= 0.6 is 0 Å². The van der Waals surface area contributed by atoms with Crippen molar-refractivity contribution in [2.45, 2.75) is 72.8 Å². The highest BCUT2D eigenvalue weighted by Gasteiger charge is 2.36. The quantitative estimate of drug-likeness (QED) is 0.299. The van der Waals surface area contributed by atoms with Crippen molar-refractivity contribution in [1.29, 1.82) is 0 Å². The molecule has 0 amide bonds. The van der Waals surface area contributed by atoms with Crippen LogP contribution < -0.4 is 15.2 Å². The number of benzene rings is 2. The Labute approximate surface area is 236 Å². The lowest BCUT2D eigenvalue weighted by molar-refractivity contribution is -0.147. The fourth-order valence-corrected chi connectivity index (χ4v) is 3.82. The van der Waals surface area contributed by atoms with Crippen molar-refractivity contribution >= 4 is 23.9 Å². The average molecular weight is 556 g/mol. The molecule has 0 radical (unpaired) electrons. The molecular weight excluding hydrogens is 514 g/mol. The Morgan fingerprint density at radius 2 is 1.32 bits per heavy atom. The summed E-state index contributed by atoms with van der Waals surface area (Å²) in [5, 5.41) is 0. The van der Waals surface area contributed by atoms with E-state index in [1.54, 1.807) is 36.4 Å². The van der Waals surface area contributed by atoms with E-state index in [2.05, 4.69) is 0 Å². The molecule has 0 bridgehead atoms. The van der Waals surface area contributed by atoms with E-state index in [1.807, 2.05) is 41.5 Å². The molecule has 0 aromatic heterocycles. The van der Waals surface area contributed by atoms with Crippen LogP contribution in [0, 0.1) is 10.8 Å². The molecule has 2 aromatic carbocycles. The summed E-state index contributed by atoms with van der Waals surface area (Å²) in [5.41, 5.74) is 5.19. The first-order valence-corrected chi connectivity index (χ1v) is 13.2. The standard InChI is InChI=1S/C31H41NO8/c1-29(2,3)19-25(33)39-23-14-13-21(17-24(23)40-26(34)20-30(4,5)6)18-31(32,28(36)37-7)15-16-38-27(35)22-11-9-8-10-12-22/h8-14,17H,15-16,18-20,32H2,1-7H3/t31-/m1/s1. The van der Waals surface area contributed by atoms with Gasteiger partial charge in [0, 0.05) is 12.8 Å². The van der Waals surface area contributed by atoms with Crippen molar-refractivity contribution < 1.29 is 38.1 Å². The number of esters is 4. The molecule has 2 rings (SSSR count). The first-order chi connectivity index (χ1) is 18.5. The maximum atomic E-state index is 12.7. The van der Waals surface area contributed by atoms with Crippen LogP contribution in [0.2, 0.25) is 0 Å². The van der Waals surface area contributed by atoms with Crippen molar-refractivity contribution in [2.24, 2.45) is 16.6 Å². The molecule has 40 heavy (non-hydrogen) atoms. The normalized spacial score (nSPS) is 13.1. The molecule has 0 unspecified atom stereocenters. The Kier molecular flexibility index (Phi) is 11.0. The van der Waals surface area contributed by atoms with Crippen molar-refractivity contribution in [3.05, 3.63) is 59.7 Å². The molecule has 0 spiro atoms. The number of nitrogens with two attached hydrogens (primary N) is 1. The van der Waals surface area contributed by atoms with Crippen LogP contribution in [0.1, 0.15) is 76.7 Å². The van der Waals surface area contributed by atoms with Gasteiger partial charge in [-0.1, -0.05) is 65.8 Å². The zero-order valence-corrected chi connectivity index (χ0v) is 24.5. The zero-order chi connectivity index (χ0) is 30.1. The van der Waals surface area contributed by atoms with Gasteiger partial charge in [0.2, 0.25) is 0 Å². The SMILES string of the molecule is COC(=O)[C@@](N)(CCOC(=O)c1ccccc1)Cc1ccc(OC(=O)CC(C)(C)C)c(OC(=O)CC(C)(C)C)c1. The van der Waals surface area contributed by atoms with Gasteiger partial charge in [0.05, 0.1) is 32.1 Å². The smallest absolute Gasteiger partial charge is 0.338 e. The molecule has 1 atom stereocenters. The van der Waals surface area contributed by atoms with E-state index < -0.39 is 29.4 Å². The molecular formula is C31H41NO8. The largest absolute Gasteiger partial charge is 0.468 e. The van der Waals surface area contributed by atoms with Crippen molar-refractivity contribution in [1.82, 2.24) is 0 Å². The molecule has 0 aliphatic rings. The lowest BCUT2D eigenvalue weighted by Gasteiger charge is -2.27. The average Bonchev–Trinajstić information content (AvgIpc) is 2.83. The molecule has 2 aromatic rings. The monoisotopic (exact) mass is 555 g/mol. The number of hydrogen-bond donors (Lipinski definition) is 1. The van der Waals surface area contributed by atoms with Gasteiger partial charge in [0.1, 0.15) is 5.54 Å². The van der Waals surface area contributed by atoms with Crippen LogP contribution in [-0.2, 0) is 30.3 Å². The van der Waals surface area contributed by atoms with E-state index >= 15 is 0 Å². The number of methoxy groups -OCH3 is 1. The van der Waals surface area contributed by atoms with Crippen LogP contribution in [0.5, 0.6) is 11.5 Å². The van der Waals surface area contributed by atoms with Gasteiger partial charge in [-0.3, -0.25) is 14.4 Å². The number of hydrogen-bond acceptors (Lipinski definition) is 9. The molecule has 0 aliphatic carbocycles. The fraction of sp³-hybridized carbons (Fsp3) is 0.484. The second kappa shape index (κ2) is 13.6. The Balaban J connectivity index is 2.28. The topological polar surface area (TPSA) is 131 Å². The molecule has 218 valence electrons. The van der Waals surface area contributed by atoms with Crippen LogP contribution in [0.3, 0.4) is 0 Å². The summed E-state index contributed by atoms with van der Waals surface area (Å²) >= 11 is 0. The van der Waals surface area contributed by atoms with Gasteiger partial charge >= 0.3 is 23.9 Å². The molecule has 9 nitrogen and oxygen atoms in total. The minimum absolute atomic E-state index is 0.0252. The second-order valence-corrected chi connectivity index (χ2v) is 12.3. The van der Waals surface area contributed by atoms with Crippen LogP contribution in [-0.4, -0.2) is 43.1 Å². The Morgan fingerprint density at radius 1 is 0.775 bits per heavy atom. The lowest BCUT2D eigenvalue weighted by Crippen LogP contribution is -2.51. The summed E-state index contributed by atoms with van der Waals surface area (Å²) in [5.74, 6) is -2.10. The molecule has 0 fully saturated rings. The van der Waals surface area contributed by atoms with E-state index in [9.17, 15) is 19.2 Å². The van der Waals surface area contributed by atoms with Crippen molar-refractivity contribution in [2.75, 3.05) is 13.7 Å². The summed E-state index contributed by atoms with van der Waals surface area (Å²) in [7, 11) is 1.22. The van der Waals surface area contributed by atoms with E-state index in [0.29, 0.717) is 11.1 Å². The first-order valence-electron chi connectivity index (χ1n) is 13.2. The van der Waals surface area contributed by atoms with Gasteiger partial charge in [-0.15, -0.1) is 0 Å². The van der Waals surface area contributed by atoms with Crippen LogP contribution in [0.15, 0.2) is 48.5 Å². The molecule has 0 saturated carbocycles. The van der Waals surface area contributed by atoms with E-state index in [1.165, 1.54) is 19.2 Å². The van der Waals surface area contributed by atoms with Gasteiger partial charge in [-0.2, -0.15) is 0 Å². The van der Waals surface area contributed by atoms with Gasteiger partial charge in [-0.25, -0.2) is 4.79 Å².